The molecule has 0 radical (unpaired) electrons. The molecule has 1 unspecified atom stereocenters. The highest BCUT2D eigenvalue weighted by Gasteiger charge is 2.31. The standard InChI is InChI=1S/C38H54NO9PS2/c1-3-4-5-6-7-8-9-10-11-12-13-14-15-16-17-18-19-25-36(41)47-34(31-45-35(40)24-20-21-26-38(2)27-29-50-51-38)32-46-49(43,44)48-37(42)33-23-22-28-39-30-33/h4-5,7-8,10-11,13-14,16-17,22-23,28,30,34H,3,6,9,12,15,18-21,24-27,29,31-32H2,1-2H3,(H,43,44)/t34-,38-/m1/s1. The maximum atomic E-state index is 12.6. The van der Waals surface area contributed by atoms with Crippen LogP contribution in [0.1, 0.15) is 108 Å². The summed E-state index contributed by atoms with van der Waals surface area (Å²) in [6.07, 6.45) is 32.4. The second kappa shape index (κ2) is 26.8. The number of hydrogen-bond acceptors (Lipinski definition) is 11. The van der Waals surface area contributed by atoms with Crippen LogP contribution in [-0.2, 0) is 32.7 Å². The number of nitrogens with zero attached hydrogens (tertiary/aromatic N) is 1. The van der Waals surface area contributed by atoms with E-state index in [9.17, 15) is 23.8 Å². The van der Waals surface area contributed by atoms with Gasteiger partial charge in [0.2, 0.25) is 0 Å². The van der Waals surface area contributed by atoms with Crippen LogP contribution in [0.5, 0.6) is 0 Å². The number of esters is 2. The molecule has 1 aromatic rings. The summed E-state index contributed by atoms with van der Waals surface area (Å²) in [5, 5.41) is 0. The van der Waals surface area contributed by atoms with Gasteiger partial charge in [-0.3, -0.25) is 24.0 Å². The molecule has 0 aliphatic carbocycles. The molecule has 0 aromatic carbocycles. The van der Waals surface area contributed by atoms with Gasteiger partial charge in [-0.05, 0) is 83.3 Å². The van der Waals surface area contributed by atoms with E-state index in [1.807, 2.05) is 33.7 Å². The number of carbonyl (C=O) groups excluding carboxylic acids is 3. The van der Waals surface area contributed by atoms with Gasteiger partial charge in [0.15, 0.2) is 6.10 Å². The lowest BCUT2D eigenvalue weighted by Gasteiger charge is -2.21. The average molecular weight is 764 g/mol. The summed E-state index contributed by atoms with van der Waals surface area (Å²) in [5.41, 5.74) is -0.0425. The fourth-order valence-corrected chi connectivity index (χ4v) is 8.63. The van der Waals surface area contributed by atoms with E-state index < -0.39 is 38.4 Å². The number of rotatable bonds is 26. The fourth-order valence-electron chi connectivity index (χ4n) is 4.61. The third-order valence-electron chi connectivity index (χ3n) is 7.47. The molecule has 1 aromatic heterocycles. The van der Waals surface area contributed by atoms with E-state index in [4.69, 9.17) is 14.0 Å². The van der Waals surface area contributed by atoms with Crippen LogP contribution >= 0.6 is 29.4 Å². The smallest absolute Gasteiger partial charge is 0.462 e. The number of pyridine rings is 1. The van der Waals surface area contributed by atoms with Gasteiger partial charge in [0.25, 0.3) is 0 Å². The minimum atomic E-state index is -4.89. The summed E-state index contributed by atoms with van der Waals surface area (Å²) in [4.78, 5) is 51.2. The van der Waals surface area contributed by atoms with Gasteiger partial charge in [0, 0.05) is 35.7 Å². The molecule has 282 valence electrons. The molecule has 0 bridgehead atoms. The highest BCUT2D eigenvalue weighted by Crippen LogP contribution is 2.49. The van der Waals surface area contributed by atoms with E-state index in [0.29, 0.717) is 19.3 Å². The van der Waals surface area contributed by atoms with Crippen molar-refractivity contribution >= 4 is 47.3 Å². The lowest BCUT2D eigenvalue weighted by Crippen LogP contribution is -2.29. The van der Waals surface area contributed by atoms with Crippen molar-refractivity contribution in [2.75, 3.05) is 19.0 Å². The van der Waals surface area contributed by atoms with Crippen LogP contribution in [0.4, 0.5) is 0 Å². The Labute approximate surface area is 311 Å². The molecular formula is C38H54NO9PS2. The zero-order valence-corrected chi connectivity index (χ0v) is 32.4. The first-order valence-corrected chi connectivity index (χ1v) is 21.5. The third-order valence-corrected chi connectivity index (χ3v) is 11.7. The molecule has 1 aliphatic rings. The largest absolute Gasteiger partial charge is 0.529 e. The quantitative estimate of drug-likeness (QED) is 0.0316. The summed E-state index contributed by atoms with van der Waals surface area (Å²) < 4.78 is 33.1. The SMILES string of the molecule is CCC=CCC=CCC=CCC=CCC=CCCCC(=O)O[C@H](COC(=O)CCCC[C@]1(C)CCSS1)COP(=O)(O)OC(=O)c1cccnc1. The van der Waals surface area contributed by atoms with Gasteiger partial charge in [-0.25, -0.2) is 9.36 Å². The van der Waals surface area contributed by atoms with Crippen LogP contribution in [0, 0.1) is 0 Å². The number of hydrogen-bond donors (Lipinski definition) is 1. The summed E-state index contributed by atoms with van der Waals surface area (Å²) in [6, 6.07) is 2.84. The molecule has 1 N–H and O–H groups in total. The highest BCUT2D eigenvalue weighted by atomic mass is 33.1. The molecule has 1 aliphatic heterocycles. The lowest BCUT2D eigenvalue weighted by atomic mass is 9.99. The van der Waals surface area contributed by atoms with E-state index in [0.717, 1.165) is 57.1 Å². The van der Waals surface area contributed by atoms with Crippen molar-refractivity contribution < 1.29 is 42.4 Å². The first-order valence-electron chi connectivity index (χ1n) is 17.6. The lowest BCUT2D eigenvalue weighted by molar-refractivity contribution is -0.161. The number of phosphoric ester groups is 1. The normalized spacial score (nSPS) is 18.3. The Morgan fingerprint density at radius 2 is 1.57 bits per heavy atom. The van der Waals surface area contributed by atoms with Gasteiger partial charge < -0.3 is 14.0 Å². The molecule has 13 heteroatoms. The zero-order valence-electron chi connectivity index (χ0n) is 29.9. The molecule has 10 nitrogen and oxygen atoms in total. The summed E-state index contributed by atoms with van der Waals surface area (Å²) in [5.74, 6) is -1.01. The molecule has 1 fully saturated rings. The van der Waals surface area contributed by atoms with Gasteiger partial charge >= 0.3 is 25.7 Å². The Hall–Kier alpha value is -2.89. The average Bonchev–Trinajstić information content (AvgIpc) is 3.55. The molecule has 1 saturated heterocycles. The third kappa shape index (κ3) is 22.6. The minimum Gasteiger partial charge on any atom is -0.462 e. The number of carbonyl (C=O) groups is 3. The Balaban J connectivity index is 1.74. The van der Waals surface area contributed by atoms with E-state index in [1.165, 1.54) is 24.5 Å². The van der Waals surface area contributed by atoms with Gasteiger partial charge in [0.1, 0.15) is 13.2 Å². The molecule has 0 saturated carbocycles. The van der Waals surface area contributed by atoms with Crippen molar-refractivity contribution in [1.82, 2.24) is 4.98 Å². The van der Waals surface area contributed by atoms with E-state index >= 15 is 0 Å². The molecular weight excluding hydrogens is 710 g/mol. The predicted molar refractivity (Wildman–Crippen MR) is 206 cm³/mol. The second-order valence-corrected chi connectivity index (χ2v) is 16.5. The van der Waals surface area contributed by atoms with Crippen molar-refractivity contribution in [1.29, 1.82) is 0 Å². The monoisotopic (exact) mass is 763 g/mol. The van der Waals surface area contributed by atoms with Crippen LogP contribution in [0.3, 0.4) is 0 Å². The van der Waals surface area contributed by atoms with Crippen LogP contribution in [0.15, 0.2) is 85.3 Å². The molecule has 0 spiro atoms. The Morgan fingerprint density at radius 3 is 2.18 bits per heavy atom. The van der Waals surface area contributed by atoms with Crippen LogP contribution < -0.4 is 0 Å². The number of unbranched alkanes of at least 4 members (excludes halogenated alkanes) is 2. The van der Waals surface area contributed by atoms with Gasteiger partial charge in [0.05, 0.1) is 5.56 Å². The molecule has 2 heterocycles. The van der Waals surface area contributed by atoms with Crippen molar-refractivity contribution in [3.05, 3.63) is 90.9 Å². The topological polar surface area (TPSA) is 138 Å². The molecule has 0 amide bonds. The van der Waals surface area contributed by atoms with Crippen LogP contribution in [0.2, 0.25) is 0 Å². The fraction of sp³-hybridized carbons (Fsp3) is 0.526. The number of ether oxygens (including phenoxy) is 2. The summed E-state index contributed by atoms with van der Waals surface area (Å²) in [6.45, 7) is 3.36. The number of phosphoric acid groups is 1. The van der Waals surface area contributed by atoms with Crippen molar-refractivity contribution in [3.63, 3.8) is 0 Å². The number of aromatic nitrogens is 1. The van der Waals surface area contributed by atoms with Crippen molar-refractivity contribution in [2.24, 2.45) is 0 Å². The summed E-state index contributed by atoms with van der Waals surface area (Å²) in [7, 11) is -1.11. The van der Waals surface area contributed by atoms with Gasteiger partial charge in [-0.1, -0.05) is 95.7 Å². The predicted octanol–water partition coefficient (Wildman–Crippen LogP) is 9.84. The first kappa shape index (κ1) is 44.3. The van der Waals surface area contributed by atoms with Crippen LogP contribution in [0.25, 0.3) is 0 Å². The number of allylic oxidation sites excluding steroid dienone is 10. The van der Waals surface area contributed by atoms with Gasteiger partial charge in [-0.15, -0.1) is 0 Å². The van der Waals surface area contributed by atoms with E-state index in [-0.39, 0.29) is 29.8 Å². The van der Waals surface area contributed by atoms with E-state index in [1.54, 1.807) is 0 Å². The van der Waals surface area contributed by atoms with Gasteiger partial charge in [-0.2, -0.15) is 0 Å². The minimum absolute atomic E-state index is 0.0425. The second-order valence-electron chi connectivity index (χ2n) is 12.1. The molecule has 3 atom stereocenters. The highest BCUT2D eigenvalue weighted by molar-refractivity contribution is 8.77. The Kier molecular flexibility index (Phi) is 23.3. The maximum absolute atomic E-state index is 12.6. The van der Waals surface area contributed by atoms with Crippen LogP contribution in [-0.4, -0.2) is 57.6 Å². The molecule has 2 rings (SSSR count). The zero-order chi connectivity index (χ0) is 37.0. The molecule has 51 heavy (non-hydrogen) atoms. The Morgan fingerprint density at radius 1 is 0.922 bits per heavy atom. The van der Waals surface area contributed by atoms with Crippen molar-refractivity contribution in [2.45, 2.75) is 108 Å². The summed E-state index contributed by atoms with van der Waals surface area (Å²) >= 11 is 0. The maximum Gasteiger partial charge on any atom is 0.529 e. The van der Waals surface area contributed by atoms with E-state index in [2.05, 4.69) is 72.0 Å². The first-order chi connectivity index (χ1) is 24.6. The Bertz CT molecular complexity index is 1360. The van der Waals surface area contributed by atoms with Crippen molar-refractivity contribution in [3.8, 4) is 0 Å².